The van der Waals surface area contributed by atoms with E-state index in [9.17, 15) is 14.0 Å². The van der Waals surface area contributed by atoms with Crippen LogP contribution in [0.15, 0.2) is 82.4 Å². The number of ketones is 1. The van der Waals surface area contributed by atoms with Crippen molar-refractivity contribution in [3.8, 4) is 17.4 Å². The number of amides is 1. The molecule has 1 N–H and O–H groups in total. The zero-order chi connectivity index (χ0) is 27.7. The topological polar surface area (TPSA) is 77.5 Å². The van der Waals surface area contributed by atoms with Gasteiger partial charge in [-0.15, -0.1) is 11.8 Å². The average Bonchev–Trinajstić information content (AvgIpc) is 3.61. The molecule has 6 nitrogen and oxygen atoms in total. The second-order valence-corrected chi connectivity index (χ2v) is 12.1. The Balaban J connectivity index is 1.30. The minimum Gasteiger partial charge on any atom is -0.489 e. The van der Waals surface area contributed by atoms with E-state index in [4.69, 9.17) is 26.1 Å². The zero-order valence-corrected chi connectivity index (χ0v) is 23.5. The number of rotatable bonds is 9. The van der Waals surface area contributed by atoms with Gasteiger partial charge in [-0.3, -0.25) is 9.59 Å². The molecule has 2 aromatic carbocycles. The summed E-state index contributed by atoms with van der Waals surface area (Å²) < 4.78 is 25.9. The highest BCUT2D eigenvalue weighted by atomic mass is 35.5. The largest absolute Gasteiger partial charge is 0.489 e. The summed E-state index contributed by atoms with van der Waals surface area (Å²) in [6, 6.07) is 18.3. The first kappa shape index (κ1) is 26.8. The second kappa shape index (κ2) is 11.2. The molecule has 2 atom stereocenters. The number of hydrogen-bond donors (Lipinski definition) is 1. The van der Waals surface area contributed by atoms with Crippen LogP contribution in [0, 0.1) is 11.7 Å². The van der Waals surface area contributed by atoms with E-state index in [1.54, 1.807) is 36.4 Å². The van der Waals surface area contributed by atoms with Crippen molar-refractivity contribution >= 4 is 46.4 Å². The van der Waals surface area contributed by atoms with E-state index in [2.05, 4.69) is 5.32 Å². The smallest absolute Gasteiger partial charge is 0.242 e. The number of nitrogens with zero attached hydrogens (tertiary/aromatic N) is 1. The first-order valence-electron chi connectivity index (χ1n) is 12.8. The van der Waals surface area contributed by atoms with E-state index in [-0.39, 0.29) is 18.1 Å². The highest BCUT2D eigenvalue weighted by Crippen LogP contribution is 2.42. The molecular weight excluding hydrogens is 571 g/mol. The monoisotopic (exact) mass is 594 g/mol. The molecule has 2 fully saturated rings. The summed E-state index contributed by atoms with van der Waals surface area (Å²) in [5.74, 6) is 0.254. The predicted octanol–water partition coefficient (Wildman–Crippen LogP) is 7.01. The van der Waals surface area contributed by atoms with Crippen molar-refractivity contribution in [1.82, 2.24) is 10.3 Å². The van der Waals surface area contributed by atoms with Gasteiger partial charge < -0.3 is 14.8 Å². The van der Waals surface area contributed by atoms with Crippen LogP contribution in [0.25, 0.3) is 0 Å². The number of pyridine rings is 1. The Bertz CT molecular complexity index is 1540. The highest BCUT2D eigenvalue weighted by molar-refractivity contribution is 8.01. The summed E-state index contributed by atoms with van der Waals surface area (Å²) >= 11 is 8.90. The van der Waals surface area contributed by atoms with Crippen LogP contribution in [-0.2, 0) is 15.1 Å². The Morgan fingerprint density at radius 2 is 1.93 bits per heavy atom. The van der Waals surface area contributed by atoms with Gasteiger partial charge in [0.25, 0.3) is 0 Å². The van der Waals surface area contributed by atoms with Gasteiger partial charge in [0, 0.05) is 23.4 Å². The standard InChI is InChI=1S/C30H24ClFN2O4S2/c31-21-4-1-2-5-25(21)40-28-22(35)15-30(34-29(28)36,19-12-13-39-17-19)26-6-3-7-27(33-26)38-23-11-10-20(32)14-24(23)37-16-18-8-9-18/h1-7,10-14,17-18,28H,8-9,15-16H2,(H,34,36). The predicted molar refractivity (Wildman–Crippen MR) is 153 cm³/mol. The summed E-state index contributed by atoms with van der Waals surface area (Å²) in [7, 11) is 0. The highest BCUT2D eigenvalue weighted by Gasteiger charge is 2.48. The lowest BCUT2D eigenvalue weighted by molar-refractivity contribution is -0.133. The normalized spacial score (nSPS) is 20.7. The summed E-state index contributed by atoms with van der Waals surface area (Å²) in [6.07, 6.45) is 2.20. The number of carbonyl (C=O) groups is 2. The lowest BCUT2D eigenvalue weighted by Crippen LogP contribution is -2.58. The fourth-order valence-corrected chi connectivity index (χ4v) is 6.56. The number of piperidine rings is 1. The minimum atomic E-state index is -1.18. The number of ether oxygens (including phenoxy) is 2. The van der Waals surface area contributed by atoms with Crippen molar-refractivity contribution in [2.24, 2.45) is 5.92 Å². The first-order valence-corrected chi connectivity index (χ1v) is 15.0. The van der Waals surface area contributed by atoms with E-state index in [1.165, 1.54) is 29.5 Å². The SMILES string of the molecule is O=C1CC(c2ccsc2)(c2cccc(Oc3ccc(F)cc3OCC3CC3)n2)NC(=O)C1Sc1ccccc1Cl. The molecule has 10 heteroatoms. The molecule has 2 unspecified atom stereocenters. The van der Waals surface area contributed by atoms with Crippen molar-refractivity contribution in [3.05, 3.63) is 99.6 Å². The molecule has 0 spiro atoms. The Labute approximate surface area is 243 Å². The number of aromatic nitrogens is 1. The molecule has 0 bridgehead atoms. The molecule has 204 valence electrons. The van der Waals surface area contributed by atoms with E-state index in [1.807, 2.05) is 22.9 Å². The maximum atomic E-state index is 14.0. The Morgan fingerprint density at radius 1 is 1.07 bits per heavy atom. The molecule has 6 rings (SSSR count). The van der Waals surface area contributed by atoms with Gasteiger partial charge in [-0.1, -0.05) is 29.8 Å². The van der Waals surface area contributed by atoms with Gasteiger partial charge in [-0.25, -0.2) is 9.37 Å². The molecule has 1 saturated carbocycles. The van der Waals surface area contributed by atoms with Crippen molar-refractivity contribution < 1.29 is 23.5 Å². The summed E-state index contributed by atoms with van der Waals surface area (Å²) in [6.45, 7) is 0.496. The number of thioether (sulfide) groups is 1. The average molecular weight is 595 g/mol. The fourth-order valence-electron chi connectivity index (χ4n) is 4.58. The number of thiophene rings is 1. The van der Waals surface area contributed by atoms with Crippen molar-refractivity contribution in [2.45, 2.75) is 34.9 Å². The van der Waals surface area contributed by atoms with Crippen LogP contribution in [-0.4, -0.2) is 28.5 Å². The number of nitrogens with one attached hydrogen (secondary N) is 1. The third-order valence-electron chi connectivity index (χ3n) is 6.85. The van der Waals surface area contributed by atoms with Gasteiger partial charge in [0.1, 0.15) is 16.6 Å². The molecule has 2 aromatic heterocycles. The zero-order valence-electron chi connectivity index (χ0n) is 21.1. The van der Waals surface area contributed by atoms with Gasteiger partial charge in [0.2, 0.25) is 11.8 Å². The van der Waals surface area contributed by atoms with Gasteiger partial charge in [0.15, 0.2) is 17.3 Å². The third kappa shape index (κ3) is 5.59. The third-order valence-corrected chi connectivity index (χ3v) is 9.30. The molecule has 4 aromatic rings. The van der Waals surface area contributed by atoms with E-state index < -0.39 is 22.5 Å². The van der Waals surface area contributed by atoms with Crippen molar-refractivity contribution in [2.75, 3.05) is 6.61 Å². The van der Waals surface area contributed by atoms with Crippen LogP contribution >= 0.6 is 34.7 Å². The molecule has 40 heavy (non-hydrogen) atoms. The minimum absolute atomic E-state index is 0.000341. The Hall–Kier alpha value is -3.40. The molecule has 0 radical (unpaired) electrons. The van der Waals surface area contributed by atoms with Crippen LogP contribution in [0.4, 0.5) is 4.39 Å². The van der Waals surface area contributed by atoms with Crippen LogP contribution in [0.3, 0.4) is 0 Å². The number of Topliss-reactive ketones (excluding diaryl/α,β-unsaturated/α-hetero) is 1. The van der Waals surface area contributed by atoms with Crippen LogP contribution in [0.5, 0.6) is 17.4 Å². The van der Waals surface area contributed by atoms with Crippen LogP contribution in [0.2, 0.25) is 5.02 Å². The second-order valence-electron chi connectivity index (χ2n) is 9.79. The fraction of sp³-hybridized carbons (Fsp3) is 0.233. The van der Waals surface area contributed by atoms with E-state index in [0.717, 1.165) is 30.2 Å². The Morgan fingerprint density at radius 3 is 2.67 bits per heavy atom. The van der Waals surface area contributed by atoms with Gasteiger partial charge >= 0.3 is 0 Å². The summed E-state index contributed by atoms with van der Waals surface area (Å²) in [5, 5.41) is 6.43. The van der Waals surface area contributed by atoms with Gasteiger partial charge in [-0.2, -0.15) is 11.3 Å². The summed E-state index contributed by atoms with van der Waals surface area (Å²) in [5.41, 5.74) is 0.0215. The molecule has 3 heterocycles. The van der Waals surface area contributed by atoms with E-state index in [0.29, 0.717) is 39.6 Å². The van der Waals surface area contributed by atoms with Gasteiger partial charge in [-0.05, 0) is 71.5 Å². The number of benzene rings is 2. The van der Waals surface area contributed by atoms with Crippen LogP contribution < -0.4 is 14.8 Å². The maximum Gasteiger partial charge on any atom is 0.242 e. The molecule has 1 amide bonds. The lowest BCUT2D eigenvalue weighted by atomic mass is 9.79. The molecule has 1 aliphatic carbocycles. The van der Waals surface area contributed by atoms with Gasteiger partial charge in [0.05, 0.1) is 17.3 Å². The molecule has 2 aliphatic rings. The quantitative estimate of drug-likeness (QED) is 0.210. The molecule has 1 aliphatic heterocycles. The van der Waals surface area contributed by atoms with Crippen molar-refractivity contribution in [3.63, 3.8) is 0 Å². The number of hydrogen-bond acceptors (Lipinski definition) is 7. The number of halogens is 2. The molecular formula is C30H24ClFN2O4S2. The lowest BCUT2D eigenvalue weighted by Gasteiger charge is -2.39. The molecule has 1 saturated heterocycles. The van der Waals surface area contributed by atoms with Crippen molar-refractivity contribution in [1.29, 1.82) is 0 Å². The van der Waals surface area contributed by atoms with Crippen LogP contribution in [0.1, 0.15) is 30.5 Å². The Kier molecular flexibility index (Phi) is 7.53. The maximum absolute atomic E-state index is 14.0. The number of carbonyl (C=O) groups excluding carboxylic acids is 2. The summed E-state index contributed by atoms with van der Waals surface area (Å²) in [4.78, 5) is 32.4. The first-order chi connectivity index (χ1) is 19.4. The van der Waals surface area contributed by atoms with E-state index >= 15 is 0 Å².